The van der Waals surface area contributed by atoms with Crippen LogP contribution in [0.15, 0.2) is 126 Å². The Kier molecular flexibility index (Phi) is 9.54. The summed E-state index contributed by atoms with van der Waals surface area (Å²) in [5, 5.41) is 3.59. The van der Waals surface area contributed by atoms with Crippen molar-refractivity contribution >= 4 is 46.4 Å². The number of fused-ring (bicyclic) bond motifs is 4. The molecule has 8 aromatic rings. The van der Waals surface area contributed by atoms with Gasteiger partial charge in [-0.3, -0.25) is 4.98 Å². The van der Waals surface area contributed by atoms with Crippen molar-refractivity contribution < 1.29 is 24.5 Å². The molecule has 0 bridgehead atoms. The third-order valence-electron chi connectivity index (χ3n) is 8.55. The second-order valence-electron chi connectivity index (χ2n) is 14.0. The van der Waals surface area contributed by atoms with Gasteiger partial charge < -0.3 is 14.0 Å². The molecule has 0 atom stereocenters. The zero-order valence-electron chi connectivity index (χ0n) is 28.6. The van der Waals surface area contributed by atoms with E-state index in [0.717, 1.165) is 61.4 Å². The predicted molar refractivity (Wildman–Crippen MR) is 201 cm³/mol. The fourth-order valence-corrected chi connectivity index (χ4v) is 7.20. The molecule has 7 heteroatoms. The number of furan rings is 1. The van der Waals surface area contributed by atoms with Crippen molar-refractivity contribution in [3.8, 4) is 28.3 Å². The van der Waals surface area contributed by atoms with Gasteiger partial charge in [-0.25, -0.2) is 4.98 Å². The Balaban J connectivity index is 0.000000270. The summed E-state index contributed by atoms with van der Waals surface area (Å²) in [7, 11) is -1.47. The van der Waals surface area contributed by atoms with Gasteiger partial charge in [-0.1, -0.05) is 99.0 Å². The van der Waals surface area contributed by atoms with E-state index in [0.29, 0.717) is 0 Å². The summed E-state index contributed by atoms with van der Waals surface area (Å²) in [4.78, 5) is 14.0. The van der Waals surface area contributed by atoms with Gasteiger partial charge in [0.2, 0.25) is 0 Å². The van der Waals surface area contributed by atoms with E-state index in [1.165, 1.54) is 10.8 Å². The average Bonchev–Trinajstić information content (AvgIpc) is 3.67. The van der Waals surface area contributed by atoms with Crippen molar-refractivity contribution in [2.45, 2.75) is 45.8 Å². The maximum absolute atomic E-state index is 6.58. The van der Waals surface area contributed by atoms with Gasteiger partial charge in [-0.2, -0.15) is 0 Å². The fraction of sp³-hybridized carbons (Fsp3) is 0.167. The summed E-state index contributed by atoms with van der Waals surface area (Å²) in [5.41, 5.74) is 8.50. The third kappa shape index (κ3) is 6.79. The van der Waals surface area contributed by atoms with Crippen LogP contribution in [0.2, 0.25) is 19.6 Å². The van der Waals surface area contributed by atoms with Gasteiger partial charge in [0.25, 0.3) is 0 Å². The van der Waals surface area contributed by atoms with Crippen molar-refractivity contribution in [2.75, 3.05) is 0 Å². The zero-order chi connectivity index (χ0) is 33.5. The molecule has 247 valence electrons. The molecule has 0 spiro atoms. The van der Waals surface area contributed by atoms with E-state index in [1.54, 1.807) is 6.20 Å². The van der Waals surface area contributed by atoms with Gasteiger partial charge in [0.05, 0.1) is 25.0 Å². The first-order valence-electron chi connectivity index (χ1n) is 16.3. The summed E-state index contributed by atoms with van der Waals surface area (Å²) in [5.74, 6) is 0.787. The Morgan fingerprint density at radius 3 is 2.20 bits per heavy atom. The van der Waals surface area contributed by atoms with Crippen molar-refractivity contribution in [2.24, 2.45) is 0 Å². The molecular formula is C42H38IrN4OSi-2. The molecule has 49 heavy (non-hydrogen) atoms. The second kappa shape index (κ2) is 13.7. The molecule has 4 aromatic heterocycles. The molecule has 4 aromatic carbocycles. The molecule has 0 aliphatic heterocycles. The molecular weight excluding hydrogens is 797 g/mol. The number of hydrogen-bond donors (Lipinski definition) is 0. The van der Waals surface area contributed by atoms with Crippen molar-refractivity contribution in [1.29, 1.82) is 0 Å². The topological polar surface area (TPSA) is 56.7 Å². The first-order valence-corrected chi connectivity index (χ1v) is 19.8. The molecule has 5 nitrogen and oxygen atoms in total. The van der Waals surface area contributed by atoms with E-state index in [1.807, 2.05) is 60.8 Å². The number of pyridine rings is 2. The van der Waals surface area contributed by atoms with E-state index in [4.69, 9.17) is 9.40 Å². The van der Waals surface area contributed by atoms with Crippen LogP contribution in [0.4, 0.5) is 0 Å². The van der Waals surface area contributed by atoms with Crippen molar-refractivity contribution in [1.82, 2.24) is 19.5 Å². The number of imidazole rings is 1. The van der Waals surface area contributed by atoms with E-state index in [-0.39, 0.29) is 25.5 Å². The van der Waals surface area contributed by atoms with Crippen LogP contribution in [0.25, 0.3) is 61.4 Å². The van der Waals surface area contributed by atoms with Crippen molar-refractivity contribution in [3.05, 3.63) is 139 Å². The normalized spacial score (nSPS) is 11.7. The van der Waals surface area contributed by atoms with Crippen LogP contribution in [0.5, 0.6) is 0 Å². The van der Waals surface area contributed by atoms with E-state index < -0.39 is 8.07 Å². The number of hydrogen-bond acceptors (Lipinski definition) is 4. The van der Waals surface area contributed by atoms with E-state index in [2.05, 4.69) is 122 Å². The SMILES string of the molecule is CC(C)(C)c1ccnc2nc(-c3[c-]ccc4c3oc3cc([Si](C)(C)C)ccc34)n(-c3ccccc3)c12.[Ir].[c-]1ccccc1-c1ccccn1. The summed E-state index contributed by atoms with van der Waals surface area (Å²) in [6.07, 6.45) is 3.65. The first-order chi connectivity index (χ1) is 23.1. The van der Waals surface area contributed by atoms with Gasteiger partial charge in [-0.15, -0.1) is 54.1 Å². The number of aromatic nitrogens is 4. The summed E-state index contributed by atoms with van der Waals surface area (Å²) >= 11 is 0. The molecule has 0 saturated carbocycles. The van der Waals surface area contributed by atoms with Crippen LogP contribution in [0, 0.1) is 12.1 Å². The minimum Gasteiger partial charge on any atom is -0.501 e. The standard InChI is InChI=1S/C31H30N3OSi.C11H8N.Ir/c1-31(2,3)25-17-18-32-29-27(25)34(20-11-8-7-9-12-20)30(33-29)24-14-10-13-23-22-16-15-21(36(4,5)6)19-26(22)35-28(23)24;1-2-6-10(7-3-1)11-8-4-5-9-12-11;/h7-13,15-19H,1-6H3;1-6,8-9H;/q2*-1;. The molecule has 0 amide bonds. The Hall–Kier alpha value is -4.68. The van der Waals surface area contributed by atoms with E-state index in [9.17, 15) is 0 Å². The van der Waals surface area contributed by atoms with Gasteiger partial charge in [-0.05, 0) is 47.0 Å². The van der Waals surface area contributed by atoms with Crippen LogP contribution >= 0.6 is 0 Å². The Morgan fingerprint density at radius 1 is 0.735 bits per heavy atom. The van der Waals surface area contributed by atoms with E-state index >= 15 is 0 Å². The maximum Gasteiger partial charge on any atom is 0.168 e. The van der Waals surface area contributed by atoms with Gasteiger partial charge in [0.1, 0.15) is 5.58 Å². The zero-order valence-corrected chi connectivity index (χ0v) is 32.0. The van der Waals surface area contributed by atoms with Crippen LogP contribution in [0.1, 0.15) is 26.3 Å². The van der Waals surface area contributed by atoms with Gasteiger partial charge in [0.15, 0.2) is 5.65 Å². The smallest absolute Gasteiger partial charge is 0.168 e. The van der Waals surface area contributed by atoms with Crippen LogP contribution in [-0.2, 0) is 25.5 Å². The molecule has 8 rings (SSSR count). The van der Waals surface area contributed by atoms with Gasteiger partial charge in [0, 0.05) is 43.6 Å². The first kappa shape index (κ1) is 34.2. The molecule has 0 aliphatic carbocycles. The predicted octanol–water partition coefficient (Wildman–Crippen LogP) is 10.2. The fourth-order valence-electron chi connectivity index (χ4n) is 6.05. The van der Waals surface area contributed by atoms with Crippen LogP contribution < -0.4 is 5.19 Å². The second-order valence-corrected chi connectivity index (χ2v) is 19.1. The molecule has 1 radical (unpaired) electrons. The number of para-hydroxylation sites is 1. The maximum atomic E-state index is 6.58. The minimum absolute atomic E-state index is 0. The molecule has 0 aliphatic rings. The molecule has 0 unspecified atom stereocenters. The number of rotatable bonds is 4. The quantitative estimate of drug-likeness (QED) is 0.131. The minimum atomic E-state index is -1.47. The third-order valence-corrected chi connectivity index (χ3v) is 10.6. The molecule has 0 N–H and O–H groups in total. The molecule has 0 saturated heterocycles. The molecule has 0 fully saturated rings. The summed E-state index contributed by atoms with van der Waals surface area (Å²) in [6, 6.07) is 43.5. The average molecular weight is 835 g/mol. The monoisotopic (exact) mass is 835 g/mol. The Bertz CT molecular complexity index is 2320. The van der Waals surface area contributed by atoms with Crippen molar-refractivity contribution in [3.63, 3.8) is 0 Å². The Labute approximate surface area is 302 Å². The van der Waals surface area contributed by atoms with Crippen LogP contribution in [0.3, 0.4) is 0 Å². The Morgan fingerprint density at radius 2 is 1.51 bits per heavy atom. The van der Waals surface area contributed by atoms with Gasteiger partial charge >= 0.3 is 0 Å². The summed E-state index contributed by atoms with van der Waals surface area (Å²) < 4.78 is 8.79. The largest absolute Gasteiger partial charge is 0.501 e. The number of benzene rings is 4. The van der Waals surface area contributed by atoms with Crippen LogP contribution in [-0.4, -0.2) is 27.6 Å². The summed E-state index contributed by atoms with van der Waals surface area (Å²) in [6.45, 7) is 13.8. The number of nitrogens with zero attached hydrogens (tertiary/aromatic N) is 4. The molecule has 4 heterocycles.